The highest BCUT2D eigenvalue weighted by Crippen LogP contribution is 2.43. The number of rotatable bonds is 0. The van der Waals surface area contributed by atoms with Gasteiger partial charge in [0.05, 0.1) is 0 Å². The second kappa shape index (κ2) is 3.08. The van der Waals surface area contributed by atoms with Gasteiger partial charge in [0.15, 0.2) is 11.5 Å². The summed E-state index contributed by atoms with van der Waals surface area (Å²) in [7, 11) is 0. The first-order chi connectivity index (χ1) is 6.25. The van der Waals surface area contributed by atoms with E-state index in [1.165, 1.54) is 0 Å². The molecule has 0 heterocycles. The zero-order chi connectivity index (χ0) is 11.1. The average Bonchev–Trinajstić information content (AvgIpc) is 1.98. The highest BCUT2D eigenvalue weighted by molar-refractivity contribution is 5.57. The minimum absolute atomic E-state index is 0.00484. The Bertz CT molecular complexity index is 336. The van der Waals surface area contributed by atoms with Crippen molar-refractivity contribution in [2.24, 2.45) is 0 Å². The maximum Gasteiger partial charge on any atom is 0.161 e. The van der Waals surface area contributed by atoms with Crippen molar-refractivity contribution in [2.45, 2.75) is 33.1 Å². The molecule has 0 atom stereocenters. The quantitative estimate of drug-likeness (QED) is 0.441. The van der Waals surface area contributed by atoms with Crippen LogP contribution in [0.15, 0.2) is 6.07 Å². The molecule has 0 amide bonds. The van der Waals surface area contributed by atoms with E-state index in [-0.39, 0.29) is 22.7 Å². The molecule has 1 aromatic carbocycles. The first-order valence-electron chi connectivity index (χ1n) is 4.50. The van der Waals surface area contributed by atoms with Crippen LogP contribution in [-0.2, 0) is 5.41 Å². The lowest BCUT2D eigenvalue weighted by Crippen LogP contribution is -2.13. The van der Waals surface area contributed by atoms with Crippen molar-refractivity contribution in [1.29, 1.82) is 0 Å². The van der Waals surface area contributed by atoms with Crippen LogP contribution in [0.2, 0.25) is 0 Å². The largest absolute Gasteiger partial charge is 0.508 e. The van der Waals surface area contributed by atoms with Gasteiger partial charge in [-0.05, 0) is 17.9 Å². The predicted molar refractivity (Wildman–Crippen MR) is 54.9 cm³/mol. The Morgan fingerprint density at radius 1 is 1.00 bits per heavy atom. The van der Waals surface area contributed by atoms with Crippen molar-refractivity contribution >= 4 is 0 Å². The molecule has 0 aliphatic carbocycles. The first-order valence-corrected chi connectivity index (χ1v) is 4.50. The van der Waals surface area contributed by atoms with Crippen LogP contribution >= 0.6 is 0 Å². The summed E-state index contributed by atoms with van der Waals surface area (Å²) >= 11 is 0. The highest BCUT2D eigenvalue weighted by atomic mass is 16.3. The van der Waals surface area contributed by atoms with Crippen LogP contribution in [-0.4, -0.2) is 15.3 Å². The molecule has 3 N–H and O–H groups in total. The minimum atomic E-state index is -0.315. The zero-order valence-electron chi connectivity index (χ0n) is 8.92. The molecule has 0 spiro atoms. The smallest absolute Gasteiger partial charge is 0.161 e. The first kappa shape index (κ1) is 10.7. The van der Waals surface area contributed by atoms with Crippen molar-refractivity contribution in [2.75, 3.05) is 0 Å². The van der Waals surface area contributed by atoms with Gasteiger partial charge in [0, 0.05) is 11.6 Å². The Kier molecular flexibility index (Phi) is 2.36. The number of phenols is 3. The average molecular weight is 196 g/mol. The molecule has 0 bridgehead atoms. The highest BCUT2D eigenvalue weighted by Gasteiger charge is 2.24. The minimum Gasteiger partial charge on any atom is -0.508 e. The van der Waals surface area contributed by atoms with E-state index in [2.05, 4.69) is 0 Å². The SMILES string of the molecule is Cc1c(O)cc(O)c(O)c1C(C)(C)C. The van der Waals surface area contributed by atoms with Gasteiger partial charge in [-0.2, -0.15) is 0 Å². The molecule has 0 saturated carbocycles. The normalized spacial score (nSPS) is 11.7. The summed E-state index contributed by atoms with van der Waals surface area (Å²) in [5.74, 6) is -0.420. The lowest BCUT2D eigenvalue weighted by atomic mass is 9.83. The van der Waals surface area contributed by atoms with Crippen LogP contribution in [0.5, 0.6) is 17.2 Å². The van der Waals surface area contributed by atoms with Crippen LogP contribution in [0.4, 0.5) is 0 Å². The van der Waals surface area contributed by atoms with Crippen molar-refractivity contribution in [3.05, 3.63) is 17.2 Å². The van der Waals surface area contributed by atoms with Crippen LogP contribution in [0.25, 0.3) is 0 Å². The van der Waals surface area contributed by atoms with Gasteiger partial charge in [-0.3, -0.25) is 0 Å². The predicted octanol–water partition coefficient (Wildman–Crippen LogP) is 2.41. The van der Waals surface area contributed by atoms with E-state index in [9.17, 15) is 15.3 Å². The third-order valence-electron chi connectivity index (χ3n) is 2.26. The van der Waals surface area contributed by atoms with Crippen molar-refractivity contribution < 1.29 is 15.3 Å². The summed E-state index contributed by atoms with van der Waals surface area (Å²) < 4.78 is 0. The third-order valence-corrected chi connectivity index (χ3v) is 2.26. The fourth-order valence-corrected chi connectivity index (χ4v) is 1.66. The molecule has 0 aliphatic rings. The fourth-order valence-electron chi connectivity index (χ4n) is 1.66. The van der Waals surface area contributed by atoms with E-state index in [4.69, 9.17) is 0 Å². The molecular weight excluding hydrogens is 180 g/mol. The Morgan fingerprint density at radius 3 is 1.93 bits per heavy atom. The number of hydrogen-bond acceptors (Lipinski definition) is 3. The Labute approximate surface area is 83.6 Å². The number of phenolic OH excluding ortho intramolecular Hbond substituents is 3. The number of aromatic hydroxyl groups is 3. The molecule has 0 fully saturated rings. The molecule has 0 saturated heterocycles. The molecule has 14 heavy (non-hydrogen) atoms. The van der Waals surface area contributed by atoms with Gasteiger partial charge < -0.3 is 15.3 Å². The fraction of sp³-hybridized carbons (Fsp3) is 0.455. The second-order valence-corrected chi connectivity index (χ2v) is 4.51. The molecule has 0 radical (unpaired) electrons. The Hall–Kier alpha value is -1.38. The summed E-state index contributed by atoms with van der Waals surface area (Å²) in [6.45, 7) is 7.45. The maximum absolute atomic E-state index is 9.68. The van der Waals surface area contributed by atoms with Gasteiger partial charge in [0.2, 0.25) is 0 Å². The van der Waals surface area contributed by atoms with Crippen molar-refractivity contribution in [3.63, 3.8) is 0 Å². The van der Waals surface area contributed by atoms with Crippen molar-refractivity contribution in [1.82, 2.24) is 0 Å². The third kappa shape index (κ3) is 1.62. The molecule has 0 aliphatic heterocycles. The lowest BCUT2D eigenvalue weighted by Gasteiger charge is -2.23. The summed E-state index contributed by atoms with van der Waals surface area (Å²) in [4.78, 5) is 0. The zero-order valence-corrected chi connectivity index (χ0v) is 8.92. The molecular formula is C11H16O3. The van der Waals surface area contributed by atoms with Crippen LogP contribution < -0.4 is 0 Å². The Morgan fingerprint density at radius 2 is 1.50 bits per heavy atom. The van der Waals surface area contributed by atoms with E-state index in [1.807, 2.05) is 20.8 Å². The van der Waals surface area contributed by atoms with E-state index < -0.39 is 0 Å². The van der Waals surface area contributed by atoms with Gasteiger partial charge in [0.25, 0.3) is 0 Å². The number of benzene rings is 1. The molecule has 3 nitrogen and oxygen atoms in total. The molecule has 1 rings (SSSR count). The van der Waals surface area contributed by atoms with Gasteiger partial charge in [-0.1, -0.05) is 20.8 Å². The molecule has 78 valence electrons. The maximum atomic E-state index is 9.68. The van der Waals surface area contributed by atoms with E-state index in [0.29, 0.717) is 11.1 Å². The van der Waals surface area contributed by atoms with Gasteiger partial charge in [-0.25, -0.2) is 0 Å². The summed E-state index contributed by atoms with van der Waals surface area (Å²) in [5.41, 5.74) is 0.868. The monoisotopic (exact) mass is 196 g/mol. The molecule has 0 unspecified atom stereocenters. The van der Waals surface area contributed by atoms with Crippen molar-refractivity contribution in [3.8, 4) is 17.2 Å². The molecule has 1 aromatic rings. The van der Waals surface area contributed by atoms with E-state index >= 15 is 0 Å². The van der Waals surface area contributed by atoms with Crippen LogP contribution in [0.1, 0.15) is 31.9 Å². The lowest BCUT2D eigenvalue weighted by molar-refractivity contribution is 0.379. The van der Waals surface area contributed by atoms with Gasteiger partial charge in [-0.15, -0.1) is 0 Å². The second-order valence-electron chi connectivity index (χ2n) is 4.51. The van der Waals surface area contributed by atoms with Crippen LogP contribution in [0.3, 0.4) is 0 Å². The van der Waals surface area contributed by atoms with Gasteiger partial charge >= 0.3 is 0 Å². The van der Waals surface area contributed by atoms with Gasteiger partial charge in [0.1, 0.15) is 5.75 Å². The van der Waals surface area contributed by atoms with E-state index in [0.717, 1.165) is 6.07 Å². The number of hydrogen-bond donors (Lipinski definition) is 3. The van der Waals surface area contributed by atoms with E-state index in [1.54, 1.807) is 6.92 Å². The summed E-state index contributed by atoms with van der Waals surface area (Å²) in [5, 5.41) is 28.5. The standard InChI is InChI=1S/C11H16O3/c1-6-7(12)5-8(13)10(14)9(6)11(2,3)4/h5,12-14H,1-4H3. The molecule has 0 aromatic heterocycles. The Balaban J connectivity index is 3.56. The topological polar surface area (TPSA) is 60.7 Å². The van der Waals surface area contributed by atoms with Crippen LogP contribution in [0, 0.1) is 6.92 Å². The summed E-state index contributed by atoms with van der Waals surface area (Å²) in [6.07, 6.45) is 0. The summed E-state index contributed by atoms with van der Waals surface area (Å²) in [6, 6.07) is 1.15. The molecule has 3 heteroatoms.